The number of carboxylic acid groups (broad SMARTS) is 1. The minimum absolute atomic E-state index is 0.108. The molecular weight excluding hydrogens is 381 g/mol. The largest absolute Gasteiger partial charge is 0.550 e. The summed E-state index contributed by atoms with van der Waals surface area (Å²) in [5, 5.41) is 14.7. The monoisotopic (exact) mass is 400 g/mol. The molecule has 0 aromatic heterocycles. The third kappa shape index (κ3) is 5.11. The molecule has 3 atom stereocenters. The first-order valence-electron chi connectivity index (χ1n) is 8.36. The molecule has 1 fully saturated rings. The standard InChI is InChI=1S/C18H21Cl2NO5/c1-26-16(22)9-15(10-6-7-13(19)14(20)8-10)21-17(23)11-4-2-3-5-12(11)18(24)25/h6-8,11-12,15H,2-5,9H2,1H3,(H,21,23)(H,24,25)/p-1/t11-,12+,15-/m1/s1. The number of hydrogen-bond acceptors (Lipinski definition) is 5. The number of esters is 1. The van der Waals surface area contributed by atoms with Crippen molar-refractivity contribution in [2.45, 2.75) is 38.1 Å². The highest BCUT2D eigenvalue weighted by Gasteiger charge is 2.33. The van der Waals surface area contributed by atoms with E-state index in [4.69, 9.17) is 23.2 Å². The van der Waals surface area contributed by atoms with E-state index >= 15 is 0 Å². The number of carbonyl (C=O) groups excluding carboxylic acids is 3. The van der Waals surface area contributed by atoms with Crippen LogP contribution in [-0.2, 0) is 19.1 Å². The summed E-state index contributed by atoms with van der Waals surface area (Å²) in [5.74, 6) is -3.66. The SMILES string of the molecule is COC(=O)C[C@@H](NC(=O)[C@@H]1CCCC[C@@H]1C(=O)[O-])c1ccc(Cl)c(Cl)c1. The summed E-state index contributed by atoms with van der Waals surface area (Å²) < 4.78 is 4.69. The Labute approximate surface area is 161 Å². The van der Waals surface area contributed by atoms with Gasteiger partial charge in [-0.05, 0) is 30.5 Å². The highest BCUT2D eigenvalue weighted by molar-refractivity contribution is 6.42. The number of ether oxygens (including phenoxy) is 1. The maximum absolute atomic E-state index is 12.7. The van der Waals surface area contributed by atoms with Crippen LogP contribution in [0.5, 0.6) is 0 Å². The van der Waals surface area contributed by atoms with Crippen LogP contribution in [0.25, 0.3) is 0 Å². The molecular formula is C18H20Cl2NO5-. The maximum atomic E-state index is 12.7. The molecule has 0 saturated heterocycles. The second kappa shape index (κ2) is 9.24. The van der Waals surface area contributed by atoms with Gasteiger partial charge in [0.2, 0.25) is 5.91 Å². The molecule has 6 nitrogen and oxygen atoms in total. The van der Waals surface area contributed by atoms with Crippen molar-refractivity contribution in [2.24, 2.45) is 11.8 Å². The lowest BCUT2D eigenvalue weighted by Crippen LogP contribution is -2.45. The van der Waals surface area contributed by atoms with Crippen molar-refractivity contribution in [1.29, 1.82) is 0 Å². The molecule has 1 saturated carbocycles. The summed E-state index contributed by atoms with van der Waals surface area (Å²) >= 11 is 11.9. The van der Waals surface area contributed by atoms with E-state index in [1.807, 2.05) is 0 Å². The van der Waals surface area contributed by atoms with Gasteiger partial charge in [0.1, 0.15) is 0 Å². The summed E-state index contributed by atoms with van der Waals surface area (Å²) in [6, 6.07) is 4.09. The van der Waals surface area contributed by atoms with Crippen molar-refractivity contribution in [2.75, 3.05) is 7.11 Å². The van der Waals surface area contributed by atoms with Crippen LogP contribution < -0.4 is 10.4 Å². The van der Waals surface area contributed by atoms with Crippen molar-refractivity contribution in [3.8, 4) is 0 Å². The number of nitrogens with one attached hydrogen (secondary N) is 1. The summed E-state index contributed by atoms with van der Waals surface area (Å²) in [6.45, 7) is 0. The van der Waals surface area contributed by atoms with Crippen LogP contribution in [0.15, 0.2) is 18.2 Å². The second-order valence-electron chi connectivity index (χ2n) is 6.33. The number of amides is 1. The second-order valence-corrected chi connectivity index (χ2v) is 7.15. The molecule has 26 heavy (non-hydrogen) atoms. The molecule has 1 aliphatic rings. The summed E-state index contributed by atoms with van der Waals surface area (Å²) in [7, 11) is 1.25. The Hall–Kier alpha value is -1.79. The predicted octanol–water partition coefficient (Wildman–Crippen LogP) is 2.27. The predicted molar refractivity (Wildman–Crippen MR) is 94.4 cm³/mol. The van der Waals surface area contributed by atoms with Gasteiger partial charge < -0.3 is 20.0 Å². The van der Waals surface area contributed by atoms with Crippen molar-refractivity contribution < 1.29 is 24.2 Å². The molecule has 2 rings (SSSR count). The molecule has 1 N–H and O–H groups in total. The molecule has 1 aliphatic carbocycles. The molecule has 8 heteroatoms. The number of carboxylic acids is 1. The lowest BCUT2D eigenvalue weighted by Gasteiger charge is -2.32. The van der Waals surface area contributed by atoms with Crippen molar-refractivity contribution in [1.82, 2.24) is 5.32 Å². The molecule has 0 heterocycles. The maximum Gasteiger partial charge on any atom is 0.307 e. The summed E-state index contributed by atoms with van der Waals surface area (Å²) in [4.78, 5) is 35.8. The Balaban J connectivity index is 2.22. The van der Waals surface area contributed by atoms with E-state index in [-0.39, 0.29) is 6.42 Å². The van der Waals surface area contributed by atoms with Gasteiger partial charge in [0, 0.05) is 17.8 Å². The van der Waals surface area contributed by atoms with Crippen LogP contribution in [-0.4, -0.2) is 25.0 Å². The number of methoxy groups -OCH3 is 1. The zero-order valence-electron chi connectivity index (χ0n) is 14.3. The fourth-order valence-corrected chi connectivity index (χ4v) is 3.54. The average Bonchev–Trinajstić information content (AvgIpc) is 2.63. The minimum atomic E-state index is -1.22. The number of halogens is 2. The molecule has 0 unspecified atom stereocenters. The van der Waals surface area contributed by atoms with Gasteiger partial charge >= 0.3 is 5.97 Å². The Kier molecular flexibility index (Phi) is 7.29. The van der Waals surface area contributed by atoms with E-state index in [9.17, 15) is 19.5 Å². The third-order valence-corrected chi connectivity index (χ3v) is 5.41. The molecule has 1 aromatic rings. The number of rotatable bonds is 6. The number of benzene rings is 1. The zero-order chi connectivity index (χ0) is 19.3. The number of carbonyl (C=O) groups is 3. The Morgan fingerprint density at radius 2 is 1.85 bits per heavy atom. The average molecular weight is 401 g/mol. The van der Waals surface area contributed by atoms with Gasteiger partial charge in [-0.2, -0.15) is 0 Å². The Bertz CT molecular complexity index is 694. The van der Waals surface area contributed by atoms with Crippen LogP contribution in [0, 0.1) is 11.8 Å². The lowest BCUT2D eigenvalue weighted by molar-refractivity contribution is -0.314. The number of hydrogen-bond donors (Lipinski definition) is 1. The lowest BCUT2D eigenvalue weighted by atomic mass is 9.78. The quantitative estimate of drug-likeness (QED) is 0.738. The molecule has 142 valence electrons. The van der Waals surface area contributed by atoms with Gasteiger partial charge in [-0.3, -0.25) is 9.59 Å². The van der Waals surface area contributed by atoms with Gasteiger partial charge in [0.25, 0.3) is 0 Å². The molecule has 0 spiro atoms. The first kappa shape index (κ1) is 20.5. The van der Waals surface area contributed by atoms with E-state index in [1.165, 1.54) is 7.11 Å². The van der Waals surface area contributed by atoms with Gasteiger partial charge in [0.15, 0.2) is 0 Å². The highest BCUT2D eigenvalue weighted by atomic mass is 35.5. The van der Waals surface area contributed by atoms with Crippen molar-refractivity contribution in [3.63, 3.8) is 0 Å². The van der Waals surface area contributed by atoms with Crippen molar-refractivity contribution in [3.05, 3.63) is 33.8 Å². The van der Waals surface area contributed by atoms with Gasteiger partial charge in [-0.15, -0.1) is 0 Å². The van der Waals surface area contributed by atoms with Gasteiger partial charge in [0.05, 0.1) is 29.6 Å². The van der Waals surface area contributed by atoms with Crippen LogP contribution in [0.3, 0.4) is 0 Å². The van der Waals surface area contributed by atoms with E-state index in [0.717, 1.165) is 12.8 Å². The Morgan fingerprint density at radius 1 is 1.19 bits per heavy atom. The minimum Gasteiger partial charge on any atom is -0.550 e. The Morgan fingerprint density at radius 3 is 2.42 bits per heavy atom. The number of aliphatic carboxylic acids is 1. The molecule has 1 aromatic carbocycles. The van der Waals surface area contributed by atoms with Gasteiger partial charge in [-0.25, -0.2) is 0 Å². The molecule has 0 bridgehead atoms. The third-order valence-electron chi connectivity index (χ3n) is 4.67. The normalized spacial score (nSPS) is 20.9. The van der Waals surface area contributed by atoms with Gasteiger partial charge in [-0.1, -0.05) is 42.1 Å². The smallest absolute Gasteiger partial charge is 0.307 e. The highest BCUT2D eigenvalue weighted by Crippen LogP contribution is 2.32. The molecule has 0 aliphatic heterocycles. The van der Waals surface area contributed by atoms with E-state index in [1.54, 1.807) is 18.2 Å². The first-order chi connectivity index (χ1) is 12.3. The fourth-order valence-electron chi connectivity index (χ4n) is 3.24. The molecule has 0 radical (unpaired) electrons. The van der Waals surface area contributed by atoms with Crippen molar-refractivity contribution >= 4 is 41.0 Å². The van der Waals surface area contributed by atoms with Crippen LogP contribution >= 0.6 is 23.2 Å². The van der Waals surface area contributed by atoms with Crippen LogP contribution in [0.2, 0.25) is 10.0 Å². The topological polar surface area (TPSA) is 95.5 Å². The van der Waals surface area contributed by atoms with Crippen LogP contribution in [0.4, 0.5) is 0 Å². The first-order valence-corrected chi connectivity index (χ1v) is 9.12. The van der Waals surface area contributed by atoms with E-state index in [0.29, 0.717) is 28.5 Å². The summed E-state index contributed by atoms with van der Waals surface area (Å²) in [5.41, 5.74) is 0.582. The zero-order valence-corrected chi connectivity index (χ0v) is 15.8. The summed E-state index contributed by atoms with van der Waals surface area (Å²) in [6.07, 6.45) is 2.30. The van der Waals surface area contributed by atoms with Crippen LogP contribution in [0.1, 0.15) is 43.7 Å². The molecule has 1 amide bonds. The fraction of sp³-hybridized carbons (Fsp3) is 0.500. The van der Waals surface area contributed by atoms with E-state index < -0.39 is 35.7 Å². The van der Waals surface area contributed by atoms with E-state index in [2.05, 4.69) is 10.1 Å².